The van der Waals surface area contributed by atoms with E-state index in [4.69, 9.17) is 28.2 Å². The molecule has 1 heterocycles. The van der Waals surface area contributed by atoms with E-state index in [1.807, 2.05) is 59.2 Å². The Kier molecular flexibility index (Phi) is 6.12. The maximum Gasteiger partial charge on any atom is 0.260 e. The number of rotatable bonds is 6. The molecule has 0 unspecified atom stereocenters. The number of imidazole rings is 1. The summed E-state index contributed by atoms with van der Waals surface area (Å²) in [6, 6.07) is 22.9. The number of carbonyl (C=O) groups is 1. The van der Waals surface area contributed by atoms with E-state index in [0.29, 0.717) is 22.0 Å². The highest BCUT2D eigenvalue weighted by Gasteiger charge is 2.14. The number of benzene rings is 3. The van der Waals surface area contributed by atoms with E-state index in [1.54, 1.807) is 18.2 Å². The van der Waals surface area contributed by atoms with Gasteiger partial charge in [-0.05, 0) is 29.8 Å². The summed E-state index contributed by atoms with van der Waals surface area (Å²) in [5, 5.41) is 5.03. The van der Waals surface area contributed by atoms with Gasteiger partial charge in [0.1, 0.15) is 12.4 Å². The molecule has 0 aliphatic carbocycles. The second kappa shape index (κ2) is 9.11. The molecule has 1 N–H and O–H groups in total. The minimum atomic E-state index is -0.256. The van der Waals surface area contributed by atoms with E-state index in [1.165, 1.54) is 6.21 Å². The van der Waals surface area contributed by atoms with Crippen LogP contribution in [0.25, 0.3) is 11.0 Å². The Morgan fingerprint density at radius 2 is 1.80 bits per heavy atom. The third-order valence-electron chi connectivity index (χ3n) is 4.60. The summed E-state index contributed by atoms with van der Waals surface area (Å²) in [7, 11) is 0. The van der Waals surface area contributed by atoms with Crippen LogP contribution in [0.1, 0.15) is 17.0 Å². The van der Waals surface area contributed by atoms with Crippen molar-refractivity contribution in [2.24, 2.45) is 5.10 Å². The van der Waals surface area contributed by atoms with E-state index in [2.05, 4.69) is 10.5 Å². The number of hydrogen-bond donors (Lipinski definition) is 1. The Morgan fingerprint density at radius 3 is 2.60 bits per heavy atom. The van der Waals surface area contributed by atoms with Crippen molar-refractivity contribution in [3.63, 3.8) is 0 Å². The number of hydrogen-bond acceptors (Lipinski definition) is 3. The molecule has 7 heteroatoms. The van der Waals surface area contributed by atoms with Crippen LogP contribution in [-0.2, 0) is 17.8 Å². The molecule has 0 aliphatic rings. The fourth-order valence-corrected chi connectivity index (χ4v) is 3.63. The molecule has 0 atom stereocenters. The normalized spacial score (nSPS) is 11.3. The predicted octanol–water partition coefficient (Wildman–Crippen LogP) is 5.08. The summed E-state index contributed by atoms with van der Waals surface area (Å²) in [6.45, 7) is 0.106. The average molecular weight is 437 g/mol. The molecule has 0 radical (unpaired) electrons. The Balaban J connectivity index is 1.53. The molecule has 30 heavy (non-hydrogen) atoms. The van der Waals surface area contributed by atoms with Crippen molar-refractivity contribution < 1.29 is 4.79 Å². The Bertz CT molecular complexity index is 1220. The van der Waals surface area contributed by atoms with E-state index in [0.717, 1.165) is 22.4 Å². The van der Waals surface area contributed by atoms with Gasteiger partial charge in [0.25, 0.3) is 5.91 Å². The van der Waals surface area contributed by atoms with Crippen LogP contribution < -0.4 is 5.43 Å². The van der Waals surface area contributed by atoms with Crippen LogP contribution >= 0.6 is 23.2 Å². The fraction of sp³-hybridized carbons (Fsp3) is 0.0870. The minimum absolute atomic E-state index is 0.106. The summed E-state index contributed by atoms with van der Waals surface area (Å²) < 4.78 is 1.92. The molecule has 0 spiro atoms. The maximum absolute atomic E-state index is 12.6. The Morgan fingerprint density at radius 1 is 1.03 bits per heavy atom. The third-order valence-corrected chi connectivity index (χ3v) is 5.16. The monoisotopic (exact) mass is 436 g/mol. The van der Waals surface area contributed by atoms with Crippen molar-refractivity contribution in [3.8, 4) is 0 Å². The molecule has 1 aromatic heterocycles. The number of nitrogens with one attached hydrogen (secondary N) is 1. The highest BCUT2D eigenvalue weighted by atomic mass is 35.5. The molecule has 0 aliphatic heterocycles. The first kappa shape index (κ1) is 20.1. The van der Waals surface area contributed by atoms with Crippen molar-refractivity contribution in [1.82, 2.24) is 15.0 Å². The van der Waals surface area contributed by atoms with Gasteiger partial charge < -0.3 is 4.57 Å². The van der Waals surface area contributed by atoms with Crippen LogP contribution in [0.3, 0.4) is 0 Å². The number of halogens is 2. The van der Waals surface area contributed by atoms with Gasteiger partial charge in [0.2, 0.25) is 0 Å². The zero-order valence-electron chi connectivity index (χ0n) is 15.9. The van der Waals surface area contributed by atoms with Crippen LogP contribution in [0.2, 0.25) is 10.0 Å². The minimum Gasteiger partial charge on any atom is -0.318 e. The third kappa shape index (κ3) is 4.70. The molecule has 4 aromatic rings. The van der Waals surface area contributed by atoms with Gasteiger partial charge in [0.15, 0.2) is 0 Å². The number of fused-ring (bicyclic) bond motifs is 1. The van der Waals surface area contributed by atoms with Gasteiger partial charge in [-0.2, -0.15) is 5.10 Å². The highest BCUT2D eigenvalue weighted by Crippen LogP contribution is 2.20. The fourth-order valence-electron chi connectivity index (χ4n) is 3.17. The van der Waals surface area contributed by atoms with Crippen LogP contribution in [0.5, 0.6) is 0 Å². The van der Waals surface area contributed by atoms with Gasteiger partial charge in [0, 0.05) is 17.0 Å². The molecule has 3 aromatic carbocycles. The topological polar surface area (TPSA) is 59.3 Å². The standard InChI is InChI=1S/C23H18Cl2N4O/c24-18-11-10-17(19(25)13-18)14-26-28-23(30)15-29-21-9-5-4-8-20(21)27-22(29)12-16-6-2-1-3-7-16/h1-11,13-14H,12,15H2,(H,28,30)/b26-14+. The lowest BCUT2D eigenvalue weighted by Gasteiger charge is -2.08. The molecule has 0 fully saturated rings. The van der Waals surface area contributed by atoms with Gasteiger partial charge in [-0.3, -0.25) is 4.79 Å². The van der Waals surface area contributed by atoms with E-state index >= 15 is 0 Å². The molecule has 0 bridgehead atoms. The molecule has 0 saturated heterocycles. The number of hydrazone groups is 1. The zero-order valence-corrected chi connectivity index (χ0v) is 17.4. The number of amides is 1. The number of aromatic nitrogens is 2. The SMILES string of the molecule is O=C(Cn1c(Cc2ccccc2)nc2ccccc21)N/N=C/c1ccc(Cl)cc1Cl. The first-order valence-electron chi connectivity index (χ1n) is 9.35. The highest BCUT2D eigenvalue weighted by molar-refractivity contribution is 6.36. The van der Waals surface area contributed by atoms with Gasteiger partial charge in [-0.15, -0.1) is 0 Å². The van der Waals surface area contributed by atoms with Gasteiger partial charge >= 0.3 is 0 Å². The summed E-state index contributed by atoms with van der Waals surface area (Å²) in [6.07, 6.45) is 2.12. The smallest absolute Gasteiger partial charge is 0.260 e. The number of carbonyl (C=O) groups excluding carboxylic acids is 1. The molecular weight excluding hydrogens is 419 g/mol. The first-order valence-corrected chi connectivity index (χ1v) is 10.1. The van der Waals surface area contributed by atoms with Gasteiger partial charge in [-0.25, -0.2) is 10.4 Å². The van der Waals surface area contributed by atoms with Gasteiger partial charge in [0.05, 0.1) is 22.3 Å². The number of nitrogens with zero attached hydrogens (tertiary/aromatic N) is 3. The van der Waals surface area contributed by atoms with Crippen molar-refractivity contribution in [1.29, 1.82) is 0 Å². The zero-order chi connectivity index (χ0) is 20.9. The molecule has 4 rings (SSSR count). The van der Waals surface area contributed by atoms with Crippen LogP contribution in [-0.4, -0.2) is 21.7 Å². The van der Waals surface area contributed by atoms with Crippen LogP contribution in [0, 0.1) is 0 Å². The summed E-state index contributed by atoms with van der Waals surface area (Å²) in [5.41, 5.74) is 6.11. The lowest BCUT2D eigenvalue weighted by Crippen LogP contribution is -2.24. The quantitative estimate of drug-likeness (QED) is 0.338. The van der Waals surface area contributed by atoms with Crippen LogP contribution in [0.4, 0.5) is 0 Å². The van der Waals surface area contributed by atoms with Crippen molar-refractivity contribution >= 4 is 46.4 Å². The Hall–Kier alpha value is -3.15. The summed E-state index contributed by atoms with van der Waals surface area (Å²) >= 11 is 12.0. The van der Waals surface area contributed by atoms with E-state index < -0.39 is 0 Å². The van der Waals surface area contributed by atoms with Crippen LogP contribution in [0.15, 0.2) is 77.9 Å². The van der Waals surface area contributed by atoms with Crippen molar-refractivity contribution in [2.45, 2.75) is 13.0 Å². The van der Waals surface area contributed by atoms with Crippen molar-refractivity contribution in [3.05, 3.63) is 99.8 Å². The molecule has 1 amide bonds. The predicted molar refractivity (Wildman–Crippen MR) is 121 cm³/mol. The molecule has 0 saturated carbocycles. The van der Waals surface area contributed by atoms with Gasteiger partial charge in [-0.1, -0.05) is 71.7 Å². The average Bonchev–Trinajstić information content (AvgIpc) is 3.07. The first-order chi connectivity index (χ1) is 14.6. The largest absolute Gasteiger partial charge is 0.318 e. The molecule has 150 valence electrons. The van der Waals surface area contributed by atoms with Crippen molar-refractivity contribution in [2.75, 3.05) is 0 Å². The molecular formula is C23H18Cl2N4O. The Labute approximate surface area is 184 Å². The van der Waals surface area contributed by atoms with E-state index in [-0.39, 0.29) is 12.5 Å². The second-order valence-electron chi connectivity index (χ2n) is 6.72. The second-order valence-corrected chi connectivity index (χ2v) is 7.57. The maximum atomic E-state index is 12.6. The lowest BCUT2D eigenvalue weighted by atomic mass is 10.1. The lowest BCUT2D eigenvalue weighted by molar-refractivity contribution is -0.121. The summed E-state index contributed by atoms with van der Waals surface area (Å²) in [5.74, 6) is 0.566. The number of para-hydroxylation sites is 2. The van der Waals surface area contributed by atoms with E-state index in [9.17, 15) is 4.79 Å². The summed E-state index contributed by atoms with van der Waals surface area (Å²) in [4.78, 5) is 17.3. The molecule has 5 nitrogen and oxygen atoms in total.